The molecule has 27 heavy (non-hydrogen) atoms. The highest BCUT2D eigenvalue weighted by Gasteiger charge is 2.01. The van der Waals surface area contributed by atoms with Gasteiger partial charge >= 0.3 is 0 Å². The second-order valence-corrected chi connectivity index (χ2v) is 5.88. The minimum atomic E-state index is 0. The molecule has 1 aromatic carbocycles. The third-order valence-electron chi connectivity index (χ3n) is 3.64. The number of halogens is 1. The molecule has 0 spiro atoms. The molecular formula is C20H29IN4O2. The highest BCUT2D eigenvalue weighted by atomic mass is 127. The minimum Gasteiger partial charge on any atom is -0.475 e. The van der Waals surface area contributed by atoms with Gasteiger partial charge in [-0.1, -0.05) is 35.9 Å². The summed E-state index contributed by atoms with van der Waals surface area (Å²) in [6.07, 6.45) is 1.79. The van der Waals surface area contributed by atoms with Crippen LogP contribution in [0.15, 0.2) is 47.6 Å². The number of rotatable bonds is 9. The topological polar surface area (TPSA) is 67.8 Å². The highest BCUT2D eigenvalue weighted by molar-refractivity contribution is 14.0. The van der Waals surface area contributed by atoms with Crippen LogP contribution in [-0.2, 0) is 17.8 Å². The van der Waals surface area contributed by atoms with E-state index in [0.717, 1.165) is 24.6 Å². The largest absolute Gasteiger partial charge is 0.475 e. The zero-order valence-electron chi connectivity index (χ0n) is 16.2. The second kappa shape index (κ2) is 13.3. The van der Waals surface area contributed by atoms with Crippen molar-refractivity contribution >= 4 is 29.9 Å². The smallest absolute Gasteiger partial charge is 0.213 e. The molecule has 6 nitrogen and oxygen atoms in total. The molecule has 0 aliphatic carbocycles. The summed E-state index contributed by atoms with van der Waals surface area (Å²) >= 11 is 0. The highest BCUT2D eigenvalue weighted by Crippen LogP contribution is 2.08. The van der Waals surface area contributed by atoms with Crippen LogP contribution >= 0.6 is 24.0 Å². The van der Waals surface area contributed by atoms with Crippen LogP contribution in [0.4, 0.5) is 0 Å². The fourth-order valence-corrected chi connectivity index (χ4v) is 2.34. The Labute approximate surface area is 178 Å². The van der Waals surface area contributed by atoms with Crippen LogP contribution in [0.1, 0.15) is 23.6 Å². The first-order chi connectivity index (χ1) is 12.7. The van der Waals surface area contributed by atoms with Crippen LogP contribution in [0.3, 0.4) is 0 Å². The summed E-state index contributed by atoms with van der Waals surface area (Å²) in [6, 6.07) is 12.3. The molecule has 7 heteroatoms. The molecule has 1 heterocycles. The predicted molar refractivity (Wildman–Crippen MR) is 120 cm³/mol. The summed E-state index contributed by atoms with van der Waals surface area (Å²) in [7, 11) is 1.65. The van der Waals surface area contributed by atoms with Gasteiger partial charge in [-0.2, -0.15) is 0 Å². The Morgan fingerprint density at radius 2 is 1.96 bits per heavy atom. The van der Waals surface area contributed by atoms with E-state index in [1.807, 2.05) is 12.1 Å². The number of nitrogens with zero attached hydrogens (tertiary/aromatic N) is 2. The van der Waals surface area contributed by atoms with Gasteiger partial charge in [0.2, 0.25) is 5.88 Å². The van der Waals surface area contributed by atoms with E-state index in [0.29, 0.717) is 25.6 Å². The SMILES string of the molecule is CCNC(=NCc1ccc(OCCOC)nc1)NCc1cccc(C)c1.I. The monoisotopic (exact) mass is 484 g/mol. The van der Waals surface area contributed by atoms with E-state index in [-0.39, 0.29) is 24.0 Å². The summed E-state index contributed by atoms with van der Waals surface area (Å²) in [6.45, 7) is 7.29. The molecule has 0 radical (unpaired) electrons. The van der Waals surface area contributed by atoms with E-state index < -0.39 is 0 Å². The lowest BCUT2D eigenvalue weighted by molar-refractivity contribution is 0.143. The number of nitrogens with one attached hydrogen (secondary N) is 2. The van der Waals surface area contributed by atoms with Gasteiger partial charge in [-0.05, 0) is 25.0 Å². The maximum absolute atomic E-state index is 5.47. The van der Waals surface area contributed by atoms with E-state index in [1.54, 1.807) is 13.3 Å². The Balaban J connectivity index is 0.00000364. The van der Waals surface area contributed by atoms with Gasteiger partial charge in [-0.3, -0.25) is 0 Å². The van der Waals surface area contributed by atoms with Crippen LogP contribution in [0, 0.1) is 6.92 Å². The molecule has 0 unspecified atom stereocenters. The number of aliphatic imine (C=N–C) groups is 1. The van der Waals surface area contributed by atoms with Gasteiger partial charge in [0.15, 0.2) is 5.96 Å². The van der Waals surface area contributed by atoms with Gasteiger partial charge in [0.25, 0.3) is 0 Å². The number of aromatic nitrogens is 1. The number of aryl methyl sites for hydroxylation is 1. The predicted octanol–water partition coefficient (Wildman–Crippen LogP) is 3.29. The van der Waals surface area contributed by atoms with Crippen molar-refractivity contribution in [1.82, 2.24) is 15.6 Å². The first-order valence-electron chi connectivity index (χ1n) is 8.85. The zero-order valence-corrected chi connectivity index (χ0v) is 18.5. The molecule has 2 rings (SSSR count). The van der Waals surface area contributed by atoms with Crippen LogP contribution in [-0.4, -0.2) is 37.8 Å². The fourth-order valence-electron chi connectivity index (χ4n) is 2.34. The quantitative estimate of drug-likeness (QED) is 0.248. The zero-order chi connectivity index (χ0) is 18.6. The maximum atomic E-state index is 5.47. The van der Waals surface area contributed by atoms with Crippen molar-refractivity contribution in [2.75, 3.05) is 26.9 Å². The Morgan fingerprint density at radius 3 is 2.63 bits per heavy atom. The molecule has 0 aliphatic rings. The Bertz CT molecular complexity index is 693. The third kappa shape index (κ3) is 9.05. The molecule has 0 aliphatic heterocycles. The molecular weight excluding hydrogens is 455 g/mol. The number of hydrogen-bond acceptors (Lipinski definition) is 4. The molecule has 148 valence electrons. The molecule has 0 fully saturated rings. The Kier molecular flexibility index (Phi) is 11.4. The second-order valence-electron chi connectivity index (χ2n) is 5.88. The minimum absolute atomic E-state index is 0. The Morgan fingerprint density at radius 1 is 1.11 bits per heavy atom. The number of methoxy groups -OCH3 is 1. The summed E-state index contributed by atoms with van der Waals surface area (Å²) in [5.41, 5.74) is 3.51. The molecule has 0 saturated heterocycles. The van der Waals surface area contributed by atoms with Crippen molar-refractivity contribution in [3.05, 3.63) is 59.3 Å². The molecule has 1 aromatic heterocycles. The van der Waals surface area contributed by atoms with Gasteiger partial charge < -0.3 is 20.1 Å². The van der Waals surface area contributed by atoms with Gasteiger partial charge in [-0.25, -0.2) is 9.98 Å². The summed E-state index contributed by atoms with van der Waals surface area (Å²) in [5.74, 6) is 1.38. The van der Waals surface area contributed by atoms with Crippen molar-refractivity contribution in [2.24, 2.45) is 4.99 Å². The van der Waals surface area contributed by atoms with Crippen LogP contribution in [0.5, 0.6) is 5.88 Å². The van der Waals surface area contributed by atoms with Crippen LogP contribution in [0.2, 0.25) is 0 Å². The third-order valence-corrected chi connectivity index (χ3v) is 3.64. The summed E-state index contributed by atoms with van der Waals surface area (Å²) < 4.78 is 10.4. The van der Waals surface area contributed by atoms with E-state index in [2.05, 4.69) is 58.7 Å². The van der Waals surface area contributed by atoms with Crippen molar-refractivity contribution < 1.29 is 9.47 Å². The van der Waals surface area contributed by atoms with Gasteiger partial charge in [0, 0.05) is 32.5 Å². The average molecular weight is 484 g/mol. The summed E-state index contributed by atoms with van der Waals surface area (Å²) in [5, 5.41) is 6.62. The van der Waals surface area contributed by atoms with Crippen molar-refractivity contribution in [1.29, 1.82) is 0 Å². The maximum Gasteiger partial charge on any atom is 0.213 e. The lowest BCUT2D eigenvalue weighted by Gasteiger charge is -2.12. The summed E-state index contributed by atoms with van der Waals surface area (Å²) in [4.78, 5) is 8.91. The lowest BCUT2D eigenvalue weighted by atomic mass is 10.1. The van der Waals surface area contributed by atoms with Crippen LogP contribution in [0.25, 0.3) is 0 Å². The van der Waals surface area contributed by atoms with E-state index in [9.17, 15) is 0 Å². The number of ether oxygens (including phenoxy) is 2. The fraction of sp³-hybridized carbons (Fsp3) is 0.400. The molecule has 2 N–H and O–H groups in total. The first-order valence-corrected chi connectivity index (χ1v) is 8.85. The van der Waals surface area contributed by atoms with E-state index in [4.69, 9.17) is 9.47 Å². The van der Waals surface area contributed by atoms with Gasteiger partial charge in [-0.15, -0.1) is 24.0 Å². The first kappa shape index (κ1) is 23.2. The van der Waals surface area contributed by atoms with Gasteiger partial charge in [0.1, 0.15) is 6.61 Å². The van der Waals surface area contributed by atoms with Gasteiger partial charge in [0.05, 0.1) is 13.2 Å². The molecule has 0 atom stereocenters. The molecule has 0 saturated carbocycles. The van der Waals surface area contributed by atoms with Crippen LogP contribution < -0.4 is 15.4 Å². The molecule has 2 aromatic rings. The standard InChI is InChI=1S/C20H28N4O2.HI/c1-4-21-20(23-13-17-7-5-6-16(2)12-17)24-15-18-8-9-19(22-14-18)26-11-10-25-3;/h5-9,12,14H,4,10-11,13,15H2,1-3H3,(H2,21,23,24);1H. The Hall–Kier alpha value is -1.87. The average Bonchev–Trinajstić information content (AvgIpc) is 2.65. The molecule has 0 amide bonds. The van der Waals surface area contributed by atoms with E-state index >= 15 is 0 Å². The number of benzene rings is 1. The van der Waals surface area contributed by atoms with Crippen molar-refractivity contribution in [3.63, 3.8) is 0 Å². The number of pyridine rings is 1. The molecule has 0 bridgehead atoms. The lowest BCUT2D eigenvalue weighted by Crippen LogP contribution is -2.36. The van der Waals surface area contributed by atoms with E-state index in [1.165, 1.54) is 11.1 Å². The normalized spacial score (nSPS) is 10.9. The van der Waals surface area contributed by atoms with Crippen molar-refractivity contribution in [3.8, 4) is 5.88 Å². The number of guanidine groups is 1. The van der Waals surface area contributed by atoms with Crippen molar-refractivity contribution in [2.45, 2.75) is 26.9 Å². The number of hydrogen-bond donors (Lipinski definition) is 2.